The lowest BCUT2D eigenvalue weighted by Crippen LogP contribution is -2.18. The number of hydrogen-bond acceptors (Lipinski definition) is 4. The van der Waals surface area contributed by atoms with Crippen molar-refractivity contribution in [2.75, 3.05) is 7.11 Å². The van der Waals surface area contributed by atoms with Crippen LogP contribution >= 0.6 is 0 Å². The van der Waals surface area contributed by atoms with Gasteiger partial charge in [-0.1, -0.05) is 13.0 Å². The van der Waals surface area contributed by atoms with Gasteiger partial charge in [0.15, 0.2) is 0 Å². The van der Waals surface area contributed by atoms with Crippen molar-refractivity contribution in [2.24, 2.45) is 7.05 Å². The van der Waals surface area contributed by atoms with Gasteiger partial charge in [-0.05, 0) is 19.4 Å². The van der Waals surface area contributed by atoms with Crippen molar-refractivity contribution in [1.29, 1.82) is 0 Å². The fourth-order valence-corrected chi connectivity index (χ4v) is 2.42. The smallest absolute Gasteiger partial charge is 0.124 e. The number of nitrogens with zero attached hydrogens (tertiary/aromatic N) is 2. The van der Waals surface area contributed by atoms with Crippen LogP contribution in [-0.2, 0) is 20.0 Å². The van der Waals surface area contributed by atoms with Crippen molar-refractivity contribution >= 4 is 0 Å². The number of hydrogen-bond donors (Lipinski definition) is 2. The van der Waals surface area contributed by atoms with E-state index in [0.29, 0.717) is 5.75 Å². The van der Waals surface area contributed by atoms with E-state index in [0.717, 1.165) is 24.2 Å². The number of methoxy groups -OCH3 is 1. The summed E-state index contributed by atoms with van der Waals surface area (Å²) in [6.07, 6.45) is 2.95. The van der Waals surface area contributed by atoms with Gasteiger partial charge in [0.05, 0.1) is 12.8 Å². The summed E-state index contributed by atoms with van der Waals surface area (Å²) in [5.74, 6) is 0.903. The van der Waals surface area contributed by atoms with Gasteiger partial charge in [0.1, 0.15) is 11.5 Å². The molecule has 0 bridgehead atoms. The first-order valence-electron chi connectivity index (χ1n) is 7.16. The predicted molar refractivity (Wildman–Crippen MR) is 82.5 cm³/mol. The van der Waals surface area contributed by atoms with Gasteiger partial charge in [0, 0.05) is 43.0 Å². The third-order valence-electron chi connectivity index (χ3n) is 3.63. The van der Waals surface area contributed by atoms with Crippen molar-refractivity contribution in [3.05, 3.63) is 41.2 Å². The van der Waals surface area contributed by atoms with Crippen LogP contribution in [0.1, 0.15) is 36.7 Å². The normalized spacial score (nSPS) is 12.4. The molecule has 1 heterocycles. The summed E-state index contributed by atoms with van der Waals surface area (Å²) in [6, 6.07) is 5.42. The summed E-state index contributed by atoms with van der Waals surface area (Å²) >= 11 is 0. The minimum atomic E-state index is 0.0424. The summed E-state index contributed by atoms with van der Waals surface area (Å²) in [5, 5.41) is 17.9. The molecule has 0 spiro atoms. The van der Waals surface area contributed by atoms with Crippen LogP contribution in [0.25, 0.3) is 0 Å². The third kappa shape index (κ3) is 3.55. The Bertz CT molecular complexity index is 608. The minimum absolute atomic E-state index is 0.0424. The van der Waals surface area contributed by atoms with Crippen LogP contribution in [0.4, 0.5) is 0 Å². The van der Waals surface area contributed by atoms with E-state index in [1.807, 2.05) is 37.0 Å². The molecule has 5 heteroatoms. The van der Waals surface area contributed by atoms with E-state index in [1.54, 1.807) is 13.2 Å². The molecule has 0 radical (unpaired) electrons. The number of benzene rings is 1. The lowest BCUT2D eigenvalue weighted by molar-refractivity contribution is 0.404. The van der Waals surface area contributed by atoms with Crippen LogP contribution in [0.5, 0.6) is 11.5 Å². The molecule has 1 aromatic carbocycles. The van der Waals surface area contributed by atoms with Crippen LogP contribution in [0.3, 0.4) is 0 Å². The Kier molecular flexibility index (Phi) is 4.85. The van der Waals surface area contributed by atoms with E-state index in [-0.39, 0.29) is 11.8 Å². The summed E-state index contributed by atoms with van der Waals surface area (Å²) in [4.78, 5) is 0. The molecular weight excluding hydrogens is 266 g/mol. The number of phenols is 1. The van der Waals surface area contributed by atoms with Gasteiger partial charge < -0.3 is 15.2 Å². The van der Waals surface area contributed by atoms with E-state index >= 15 is 0 Å². The highest BCUT2D eigenvalue weighted by Gasteiger charge is 2.12. The number of aromatic hydroxyl groups is 1. The van der Waals surface area contributed by atoms with Gasteiger partial charge in [0.25, 0.3) is 0 Å². The van der Waals surface area contributed by atoms with Gasteiger partial charge in [-0.2, -0.15) is 5.10 Å². The molecular formula is C16H23N3O2. The molecule has 0 saturated heterocycles. The second kappa shape index (κ2) is 6.63. The Morgan fingerprint density at radius 2 is 2.19 bits per heavy atom. The van der Waals surface area contributed by atoms with Crippen molar-refractivity contribution in [3.63, 3.8) is 0 Å². The Morgan fingerprint density at radius 1 is 1.43 bits per heavy atom. The van der Waals surface area contributed by atoms with Crippen LogP contribution in [-0.4, -0.2) is 22.0 Å². The molecule has 0 aliphatic carbocycles. The molecule has 0 aliphatic heterocycles. The summed E-state index contributed by atoms with van der Waals surface area (Å²) < 4.78 is 6.94. The predicted octanol–water partition coefficient (Wildman–Crippen LogP) is 2.55. The topological polar surface area (TPSA) is 59.3 Å². The van der Waals surface area contributed by atoms with Crippen molar-refractivity contribution < 1.29 is 9.84 Å². The van der Waals surface area contributed by atoms with E-state index in [2.05, 4.69) is 17.3 Å². The SMILES string of the molecule is CCc1nn(C)cc1CNC(C)c1ccc(OC)cc1O. The summed E-state index contributed by atoms with van der Waals surface area (Å²) in [7, 11) is 3.52. The number of ether oxygens (including phenoxy) is 1. The fraction of sp³-hybridized carbons (Fsp3) is 0.438. The van der Waals surface area contributed by atoms with Gasteiger partial charge in [-0.15, -0.1) is 0 Å². The highest BCUT2D eigenvalue weighted by atomic mass is 16.5. The Morgan fingerprint density at radius 3 is 2.81 bits per heavy atom. The molecule has 1 unspecified atom stereocenters. The monoisotopic (exact) mass is 289 g/mol. The number of nitrogens with one attached hydrogen (secondary N) is 1. The van der Waals surface area contributed by atoms with Crippen LogP contribution in [0.2, 0.25) is 0 Å². The number of rotatable bonds is 6. The first-order chi connectivity index (χ1) is 10.0. The standard InChI is InChI=1S/C16H23N3O2/c1-5-15-12(10-19(3)18-15)9-17-11(2)14-7-6-13(21-4)8-16(14)20/h6-8,10-11,17,20H,5,9H2,1-4H3. The molecule has 0 aliphatic rings. The van der Waals surface area contributed by atoms with Crippen molar-refractivity contribution in [1.82, 2.24) is 15.1 Å². The number of phenolic OH excluding ortho intramolecular Hbond substituents is 1. The lowest BCUT2D eigenvalue weighted by Gasteiger charge is -2.16. The lowest BCUT2D eigenvalue weighted by atomic mass is 10.1. The van der Waals surface area contributed by atoms with Crippen molar-refractivity contribution in [2.45, 2.75) is 32.9 Å². The van der Waals surface area contributed by atoms with Crippen molar-refractivity contribution in [3.8, 4) is 11.5 Å². The molecule has 2 aromatic rings. The van der Waals surface area contributed by atoms with E-state index in [9.17, 15) is 5.11 Å². The molecule has 0 fully saturated rings. The number of aromatic nitrogens is 2. The zero-order valence-corrected chi connectivity index (χ0v) is 13.1. The first kappa shape index (κ1) is 15.4. The quantitative estimate of drug-likeness (QED) is 0.858. The molecule has 0 saturated carbocycles. The largest absolute Gasteiger partial charge is 0.507 e. The average molecular weight is 289 g/mol. The van der Waals surface area contributed by atoms with Crippen LogP contribution in [0.15, 0.2) is 24.4 Å². The molecule has 1 aromatic heterocycles. The molecule has 2 N–H and O–H groups in total. The Hall–Kier alpha value is -2.01. The van der Waals surface area contributed by atoms with Gasteiger partial charge in [0.2, 0.25) is 0 Å². The zero-order chi connectivity index (χ0) is 15.4. The number of aryl methyl sites for hydroxylation is 2. The molecule has 2 rings (SSSR count). The molecule has 1 atom stereocenters. The highest BCUT2D eigenvalue weighted by molar-refractivity contribution is 5.41. The zero-order valence-electron chi connectivity index (χ0n) is 13.1. The maximum absolute atomic E-state index is 10.1. The second-order valence-electron chi connectivity index (χ2n) is 5.16. The fourth-order valence-electron chi connectivity index (χ4n) is 2.42. The van der Waals surface area contributed by atoms with E-state index in [1.165, 1.54) is 5.56 Å². The molecule has 5 nitrogen and oxygen atoms in total. The van der Waals surface area contributed by atoms with Crippen LogP contribution in [0, 0.1) is 0 Å². The second-order valence-corrected chi connectivity index (χ2v) is 5.16. The van der Waals surface area contributed by atoms with Crippen LogP contribution < -0.4 is 10.1 Å². The molecule has 0 amide bonds. The summed E-state index contributed by atoms with van der Waals surface area (Å²) in [6.45, 7) is 4.86. The van der Waals surface area contributed by atoms with E-state index < -0.39 is 0 Å². The highest BCUT2D eigenvalue weighted by Crippen LogP contribution is 2.28. The maximum atomic E-state index is 10.1. The van der Waals surface area contributed by atoms with Gasteiger partial charge in [-0.25, -0.2) is 0 Å². The van der Waals surface area contributed by atoms with E-state index in [4.69, 9.17) is 4.74 Å². The van der Waals surface area contributed by atoms with Gasteiger partial charge >= 0.3 is 0 Å². The molecule has 114 valence electrons. The molecule has 21 heavy (non-hydrogen) atoms. The summed E-state index contributed by atoms with van der Waals surface area (Å²) in [5.41, 5.74) is 3.16. The maximum Gasteiger partial charge on any atom is 0.124 e. The first-order valence-corrected chi connectivity index (χ1v) is 7.16. The Labute approximate surface area is 125 Å². The average Bonchev–Trinajstić information content (AvgIpc) is 2.84. The van der Waals surface area contributed by atoms with Gasteiger partial charge in [-0.3, -0.25) is 4.68 Å². The Balaban J connectivity index is 2.06. The minimum Gasteiger partial charge on any atom is -0.507 e. The third-order valence-corrected chi connectivity index (χ3v) is 3.63.